The summed E-state index contributed by atoms with van der Waals surface area (Å²) in [6.45, 7) is 12.9. The minimum atomic E-state index is -0.541. The zero-order valence-electron chi connectivity index (χ0n) is 38.9. The van der Waals surface area contributed by atoms with Crippen LogP contribution in [0.2, 0.25) is 0 Å². The third-order valence-corrected chi connectivity index (χ3v) is 14.2. The lowest BCUT2D eigenvalue weighted by molar-refractivity contribution is 0.802. The molecule has 0 N–H and O–H groups in total. The van der Waals surface area contributed by atoms with Gasteiger partial charge in [-0.15, -0.1) is 0 Å². The molecule has 320 valence electrons. The molecule has 0 bridgehead atoms. The third-order valence-electron chi connectivity index (χ3n) is 14.2. The second-order valence-corrected chi connectivity index (χ2v) is 18.6. The second-order valence-electron chi connectivity index (χ2n) is 18.6. The molecule has 10 aromatic rings. The predicted molar refractivity (Wildman–Crippen MR) is 282 cm³/mol. The minimum absolute atomic E-state index is 0.541. The molecule has 10 aromatic carbocycles. The molecule has 0 saturated carbocycles. The van der Waals surface area contributed by atoms with Gasteiger partial charge in [0.15, 0.2) is 0 Å². The van der Waals surface area contributed by atoms with Gasteiger partial charge in [0, 0.05) is 35.2 Å². The van der Waals surface area contributed by atoms with E-state index in [2.05, 4.69) is 259 Å². The maximum absolute atomic E-state index is 2.56. The van der Waals surface area contributed by atoms with Crippen molar-refractivity contribution in [2.24, 2.45) is 0 Å². The van der Waals surface area contributed by atoms with Gasteiger partial charge in [0.1, 0.15) is 0 Å². The molecule has 12 rings (SSSR count). The number of nitrogens with zero attached hydrogens (tertiary/aromatic N) is 2. The average Bonchev–Trinajstić information content (AvgIpc) is 3.82. The molecule has 0 atom stereocenters. The summed E-state index contributed by atoms with van der Waals surface area (Å²) in [5.41, 5.74) is 23.6. The topological polar surface area (TPSA) is 6.48 Å². The van der Waals surface area contributed by atoms with Crippen LogP contribution in [0.1, 0.15) is 55.6 Å². The summed E-state index contributed by atoms with van der Waals surface area (Å²) in [5.74, 6) is 0. The molecule has 0 aliphatic heterocycles. The zero-order valence-corrected chi connectivity index (χ0v) is 38.9. The van der Waals surface area contributed by atoms with Crippen molar-refractivity contribution in [1.82, 2.24) is 0 Å². The Morgan fingerprint density at radius 3 is 1.48 bits per heavy atom. The van der Waals surface area contributed by atoms with E-state index in [1.807, 2.05) is 0 Å². The molecule has 0 amide bonds. The van der Waals surface area contributed by atoms with Crippen LogP contribution >= 0.6 is 0 Å². The van der Waals surface area contributed by atoms with Gasteiger partial charge in [0.2, 0.25) is 0 Å². The Bertz CT molecular complexity index is 3420. The van der Waals surface area contributed by atoms with Crippen molar-refractivity contribution in [1.29, 1.82) is 0 Å². The predicted octanol–water partition coefficient (Wildman–Crippen LogP) is 17.1. The first kappa shape index (κ1) is 41.1. The van der Waals surface area contributed by atoms with E-state index in [4.69, 9.17) is 0 Å². The lowest BCUT2D eigenvalue weighted by Crippen LogP contribution is -2.26. The van der Waals surface area contributed by atoms with Crippen molar-refractivity contribution >= 4 is 50.0 Å². The van der Waals surface area contributed by atoms with E-state index in [0.29, 0.717) is 0 Å². The van der Waals surface area contributed by atoms with Crippen LogP contribution in [-0.4, -0.2) is 7.05 Å². The third kappa shape index (κ3) is 6.54. The smallest absolute Gasteiger partial charge is 0.0732 e. The minimum Gasteiger partial charge on any atom is -0.345 e. The molecule has 66 heavy (non-hydrogen) atoms. The fraction of sp³-hybridized carbons (Fsp3) is 0.125. The fourth-order valence-corrected chi connectivity index (χ4v) is 10.8. The highest BCUT2D eigenvalue weighted by Crippen LogP contribution is 2.66. The first-order valence-corrected chi connectivity index (χ1v) is 23.2. The van der Waals surface area contributed by atoms with Crippen LogP contribution in [0.5, 0.6) is 0 Å². The summed E-state index contributed by atoms with van der Waals surface area (Å²) < 4.78 is 0. The van der Waals surface area contributed by atoms with E-state index in [-0.39, 0.29) is 0 Å². The molecule has 0 aromatic heterocycles. The fourth-order valence-electron chi connectivity index (χ4n) is 10.8. The molecule has 0 saturated heterocycles. The largest absolute Gasteiger partial charge is 0.345 e. The van der Waals surface area contributed by atoms with Crippen LogP contribution in [0.25, 0.3) is 43.8 Å². The van der Waals surface area contributed by atoms with Gasteiger partial charge in [0.25, 0.3) is 0 Å². The number of benzene rings is 10. The molecule has 2 aliphatic carbocycles. The van der Waals surface area contributed by atoms with Gasteiger partial charge in [-0.1, -0.05) is 174 Å². The second kappa shape index (κ2) is 16.1. The summed E-state index contributed by atoms with van der Waals surface area (Å²) in [4.78, 5) is 4.81. The van der Waals surface area contributed by atoms with Gasteiger partial charge in [-0.25, -0.2) is 0 Å². The van der Waals surface area contributed by atoms with Crippen LogP contribution in [-0.2, 0) is 5.41 Å². The summed E-state index contributed by atoms with van der Waals surface area (Å²) >= 11 is 0. The van der Waals surface area contributed by atoms with Crippen LogP contribution in [0.3, 0.4) is 0 Å². The number of anilines is 5. The maximum atomic E-state index is 2.56. The van der Waals surface area contributed by atoms with Crippen molar-refractivity contribution in [3.63, 3.8) is 0 Å². The van der Waals surface area contributed by atoms with Gasteiger partial charge >= 0.3 is 0 Å². The van der Waals surface area contributed by atoms with E-state index in [1.54, 1.807) is 0 Å². The SMILES string of the molecule is Cc1ccc(C)cc1.Cc1ccc(N(C)c2ccc3c4c(ccc3c2)-c2c(cc(N(c3ccc(C)cc3)c3cc(C)ccc3C)c3ccccc23)C42c3ccccc3-c3ccccc32)cc1. The van der Waals surface area contributed by atoms with Gasteiger partial charge in [0.05, 0.1) is 11.1 Å². The van der Waals surface area contributed by atoms with E-state index >= 15 is 0 Å². The number of aryl methyl sites for hydroxylation is 6. The normalized spacial score (nSPS) is 12.6. The van der Waals surface area contributed by atoms with Gasteiger partial charge in [-0.05, 0) is 162 Å². The molecule has 0 heterocycles. The molecule has 0 fully saturated rings. The molecule has 2 heteroatoms. The average molecular weight is 851 g/mol. The highest BCUT2D eigenvalue weighted by molar-refractivity contribution is 6.15. The number of rotatable bonds is 5. The first-order chi connectivity index (χ1) is 32.1. The number of fused-ring (bicyclic) bond motifs is 14. The quantitative estimate of drug-likeness (QED) is 0.170. The van der Waals surface area contributed by atoms with Crippen molar-refractivity contribution in [3.8, 4) is 22.3 Å². The standard InChI is InChI=1S/C56H44N2.C8H10/c1-35-19-25-40(26-20-35)57(5)42-29-31-43-39(33-42)24-30-48-54-47-15-7-6-14-46(47)53(58(41-27-21-36(2)22-28-41)52-32-37(3)18-23-38(52)4)34-51(54)56(55(43)48)49-16-10-8-12-44(49)45-13-9-11-17-50(45)56;1-7-3-5-8(2)6-4-7/h6-34H,1-5H3;3-6H,1-2H3. The Morgan fingerprint density at radius 1 is 0.348 bits per heavy atom. The van der Waals surface area contributed by atoms with E-state index in [0.717, 1.165) is 5.69 Å². The van der Waals surface area contributed by atoms with Gasteiger partial charge in [-0.2, -0.15) is 0 Å². The molecular weight excluding hydrogens is 797 g/mol. The van der Waals surface area contributed by atoms with Gasteiger partial charge < -0.3 is 9.80 Å². The lowest BCUT2D eigenvalue weighted by Gasteiger charge is -2.34. The molecule has 2 nitrogen and oxygen atoms in total. The summed E-state index contributed by atoms with van der Waals surface area (Å²) in [6, 6.07) is 75.0. The van der Waals surface area contributed by atoms with Crippen molar-refractivity contribution < 1.29 is 0 Å². The first-order valence-electron chi connectivity index (χ1n) is 23.2. The van der Waals surface area contributed by atoms with E-state index in [1.165, 1.54) is 122 Å². The van der Waals surface area contributed by atoms with Crippen molar-refractivity contribution in [2.75, 3.05) is 16.8 Å². The Morgan fingerprint density at radius 2 is 0.864 bits per heavy atom. The van der Waals surface area contributed by atoms with Crippen LogP contribution < -0.4 is 9.80 Å². The summed E-state index contributed by atoms with van der Waals surface area (Å²) in [6.07, 6.45) is 0. The number of hydrogen-bond acceptors (Lipinski definition) is 2. The molecule has 1 spiro atoms. The lowest BCUT2D eigenvalue weighted by atomic mass is 9.69. The van der Waals surface area contributed by atoms with Crippen molar-refractivity contribution in [3.05, 3.63) is 256 Å². The molecule has 2 aliphatic rings. The summed E-state index contributed by atoms with van der Waals surface area (Å²) in [7, 11) is 2.17. The van der Waals surface area contributed by atoms with Crippen LogP contribution in [0.4, 0.5) is 28.4 Å². The molecular formula is C64H54N2. The van der Waals surface area contributed by atoms with Crippen molar-refractivity contribution in [2.45, 2.75) is 47.0 Å². The number of hydrogen-bond donors (Lipinski definition) is 0. The van der Waals surface area contributed by atoms with E-state index < -0.39 is 5.41 Å². The van der Waals surface area contributed by atoms with E-state index in [9.17, 15) is 0 Å². The Hall–Kier alpha value is -7.68. The monoisotopic (exact) mass is 850 g/mol. The molecule has 0 radical (unpaired) electrons. The maximum Gasteiger partial charge on any atom is 0.0732 e. The highest BCUT2D eigenvalue weighted by atomic mass is 15.1. The van der Waals surface area contributed by atoms with Crippen LogP contribution in [0, 0.1) is 41.5 Å². The Labute approximate surface area is 390 Å². The van der Waals surface area contributed by atoms with Gasteiger partial charge in [-0.3, -0.25) is 0 Å². The van der Waals surface area contributed by atoms with Crippen LogP contribution in [0.15, 0.2) is 200 Å². The Balaban J connectivity index is 0.000000547. The molecule has 0 unspecified atom stereocenters. The highest BCUT2D eigenvalue weighted by Gasteiger charge is 2.53. The Kier molecular flexibility index (Phi) is 10.0. The summed E-state index contributed by atoms with van der Waals surface area (Å²) in [5, 5.41) is 5.04. The zero-order chi connectivity index (χ0) is 45.3.